The van der Waals surface area contributed by atoms with Crippen LogP contribution in [0.5, 0.6) is 0 Å². The van der Waals surface area contributed by atoms with Crippen LogP contribution in [-0.2, 0) is 32.1 Å². The second-order valence-electron chi connectivity index (χ2n) is 38.3. The van der Waals surface area contributed by atoms with Gasteiger partial charge in [0.1, 0.15) is 0 Å². The second-order valence-corrected chi connectivity index (χ2v) is 40.7. The molecule has 15 rings (SSSR count). The molecule has 0 spiro atoms. The summed E-state index contributed by atoms with van der Waals surface area (Å²) in [6.07, 6.45) is 59.4. The lowest BCUT2D eigenvalue weighted by atomic mass is 9.76. The molecule has 0 atom stereocenters. The summed E-state index contributed by atoms with van der Waals surface area (Å²) in [7, 11) is 0. The molecule has 0 N–H and O–H groups in total. The van der Waals surface area contributed by atoms with E-state index >= 15 is 0 Å². The van der Waals surface area contributed by atoms with E-state index in [0.717, 1.165) is 83.7 Å². The quantitative estimate of drug-likeness (QED) is 0.0274. The van der Waals surface area contributed by atoms with Crippen molar-refractivity contribution < 1.29 is 23.5 Å². The average Bonchev–Trinajstić information content (AvgIpc) is 0.850. The maximum atomic E-state index is 5.21. The van der Waals surface area contributed by atoms with E-state index < -0.39 is 0 Å². The van der Waals surface area contributed by atoms with E-state index in [1.165, 1.54) is 345 Å². The highest BCUT2D eigenvalue weighted by Crippen LogP contribution is 2.47. The summed E-state index contributed by atoms with van der Waals surface area (Å²) in [5.41, 5.74) is 22.7. The van der Waals surface area contributed by atoms with Crippen molar-refractivity contribution in [2.75, 3.05) is 0 Å². The molecular weight excluding hydrogens is 1700 g/mol. The molecule has 10 aromatic rings. The molecule has 5 aliphatic carbocycles. The summed E-state index contributed by atoms with van der Waals surface area (Å²) in [4.78, 5) is 4.76. The van der Waals surface area contributed by atoms with E-state index in [0.29, 0.717) is 0 Å². The van der Waals surface area contributed by atoms with E-state index in [-0.39, 0.29) is 23.5 Å². The van der Waals surface area contributed by atoms with E-state index in [1.807, 2.05) is 0 Å². The Morgan fingerprint density at radius 1 is 0.146 bits per heavy atom. The first-order valence-corrected chi connectivity index (χ1v) is 52.6. The molecule has 5 aliphatic rings. The van der Waals surface area contributed by atoms with Crippen LogP contribution >= 0.6 is 63.1 Å². The molecule has 0 aromatic heterocycles. The largest absolute Gasteiger partial charge is 0.269 e. The second kappa shape index (κ2) is 63.2. The summed E-state index contributed by atoms with van der Waals surface area (Å²) in [5, 5.41) is 0. The molecule has 130 heavy (non-hydrogen) atoms. The zero-order valence-corrected chi connectivity index (χ0v) is 83.9. The van der Waals surface area contributed by atoms with Gasteiger partial charge in [-0.1, -0.05) is 376 Å². The van der Waals surface area contributed by atoms with Crippen LogP contribution in [0, 0.1) is 0 Å². The Labute approximate surface area is 813 Å². The SMILES string of the molecule is CCCCCCc1ccc([C@H]2CC[C@H](c3ccc([S])cc3)CC2)cc1.CCCCCCc1ccc([C@H]2CC[C@H](c3ccc([S])cc3)CC2)cc1.CCCCCCc1ccc([C@H]2CC[C@H](c3ccc([S])cc3)CC2)cc1.CCCCCCc1ccc([C@H]2CC[C@H](c3ccc([S])cc3)CC2)cc1.CCCCCCc1ccc([C@H]2CC[C@H](c3ccc([S])cc3)CC2)cc1.F.F.F.F.F. The zero-order chi connectivity index (χ0) is 87.4. The van der Waals surface area contributed by atoms with Gasteiger partial charge in [0.25, 0.3) is 0 Å². The zero-order valence-electron chi connectivity index (χ0n) is 79.8. The number of halogens is 5. The van der Waals surface area contributed by atoms with Crippen molar-refractivity contribution in [2.24, 2.45) is 0 Å². The number of benzene rings is 10. The molecular formula is C120H160F5S5. The van der Waals surface area contributed by atoms with Gasteiger partial charge in [-0.05, 0) is 396 Å². The molecule has 10 aromatic carbocycles. The highest BCUT2D eigenvalue weighted by atomic mass is 32.1. The fourth-order valence-electron chi connectivity index (χ4n) is 21.1. The van der Waals surface area contributed by atoms with Gasteiger partial charge in [-0.25, -0.2) is 0 Å². The molecule has 705 valence electrons. The predicted molar refractivity (Wildman–Crippen MR) is 565 cm³/mol. The van der Waals surface area contributed by atoms with Gasteiger partial charge in [0, 0.05) is 24.5 Å². The topological polar surface area (TPSA) is 0 Å². The standard InChI is InChI=1S/5C24H31S.5FH/c5*1-2-3-4-5-6-19-7-9-20(10-8-19)21-11-13-22(14-12-21)23-15-17-24(25)18-16-23;;;;;/h5*7-10,15-18,21-22H,2-6,11-14H2,1H3;5*1H/t5*21-,22-;;;;;. The predicted octanol–water partition coefficient (Wildman–Crippen LogP) is 39.8. The Morgan fingerprint density at radius 3 is 0.346 bits per heavy atom. The summed E-state index contributed by atoms with van der Waals surface area (Å²) >= 11 is 26.0. The van der Waals surface area contributed by atoms with Gasteiger partial charge in [0.15, 0.2) is 0 Å². The average molecular weight is 1860 g/mol. The van der Waals surface area contributed by atoms with E-state index in [4.69, 9.17) is 63.1 Å². The van der Waals surface area contributed by atoms with Gasteiger partial charge < -0.3 is 0 Å². The van der Waals surface area contributed by atoms with Crippen molar-refractivity contribution in [2.45, 2.75) is 407 Å². The molecule has 0 amide bonds. The van der Waals surface area contributed by atoms with Crippen molar-refractivity contribution in [3.8, 4) is 0 Å². The first kappa shape index (κ1) is 112. The van der Waals surface area contributed by atoms with Crippen LogP contribution in [0.4, 0.5) is 23.5 Å². The molecule has 5 saturated carbocycles. The number of rotatable bonds is 35. The molecule has 0 saturated heterocycles. The molecule has 0 bridgehead atoms. The lowest BCUT2D eigenvalue weighted by molar-refractivity contribution is 0.396. The van der Waals surface area contributed by atoms with Crippen LogP contribution in [0.25, 0.3) is 0 Å². The van der Waals surface area contributed by atoms with Crippen LogP contribution in [0.2, 0.25) is 0 Å². The van der Waals surface area contributed by atoms with E-state index in [1.54, 1.807) is 27.8 Å². The number of aryl methyl sites for hydroxylation is 5. The highest BCUT2D eigenvalue weighted by molar-refractivity contribution is 7.81. The smallest absolute Gasteiger partial charge is 0.0377 e. The van der Waals surface area contributed by atoms with Crippen LogP contribution < -0.4 is 0 Å². The highest BCUT2D eigenvalue weighted by Gasteiger charge is 2.29. The molecule has 10 heteroatoms. The van der Waals surface area contributed by atoms with Crippen molar-refractivity contribution in [3.63, 3.8) is 0 Å². The van der Waals surface area contributed by atoms with E-state index in [2.05, 4.69) is 277 Å². The van der Waals surface area contributed by atoms with Crippen molar-refractivity contribution in [3.05, 3.63) is 326 Å². The first-order valence-electron chi connectivity index (χ1n) is 50.6. The van der Waals surface area contributed by atoms with Crippen molar-refractivity contribution in [1.82, 2.24) is 0 Å². The third-order valence-corrected chi connectivity index (χ3v) is 30.6. The summed E-state index contributed by atoms with van der Waals surface area (Å²) in [6.45, 7) is 11.4. The minimum absolute atomic E-state index is 0. The molecule has 0 unspecified atom stereocenters. The van der Waals surface area contributed by atoms with Gasteiger partial charge in [0.05, 0.1) is 0 Å². The van der Waals surface area contributed by atoms with Gasteiger partial charge >= 0.3 is 0 Å². The minimum Gasteiger partial charge on any atom is -0.269 e. The Hall–Kier alpha value is -7.05. The molecule has 0 nitrogen and oxygen atoms in total. The number of hydrogen-bond acceptors (Lipinski definition) is 0. The normalized spacial score (nSPS) is 19.7. The van der Waals surface area contributed by atoms with Gasteiger partial charge in [-0.2, -0.15) is 0 Å². The fourth-order valence-corrected chi connectivity index (χ4v) is 21.7. The lowest BCUT2D eigenvalue weighted by Crippen LogP contribution is -2.12. The third-order valence-electron chi connectivity index (χ3n) is 29.2. The van der Waals surface area contributed by atoms with Crippen molar-refractivity contribution in [1.29, 1.82) is 0 Å². The summed E-state index contributed by atoms with van der Waals surface area (Å²) in [6, 6.07) is 90.8. The summed E-state index contributed by atoms with van der Waals surface area (Å²) < 4.78 is 0. The van der Waals surface area contributed by atoms with Gasteiger partial charge in [0.2, 0.25) is 0 Å². The molecule has 0 heterocycles. The van der Waals surface area contributed by atoms with Gasteiger partial charge in [-0.3, -0.25) is 23.5 Å². The van der Waals surface area contributed by atoms with Gasteiger partial charge in [-0.15, -0.1) is 0 Å². The number of hydrogen-bond donors (Lipinski definition) is 0. The fraction of sp³-hybridized carbons (Fsp3) is 0.500. The first-order chi connectivity index (χ1) is 61.3. The Kier molecular flexibility index (Phi) is 54.3. The number of unbranched alkanes of at least 4 members (excludes halogenated alkanes) is 15. The Morgan fingerprint density at radius 2 is 0.246 bits per heavy atom. The van der Waals surface area contributed by atoms with Crippen LogP contribution in [0.15, 0.2) is 267 Å². The van der Waals surface area contributed by atoms with Crippen molar-refractivity contribution >= 4 is 63.1 Å². The van der Waals surface area contributed by atoms with Crippen LogP contribution in [0.3, 0.4) is 0 Å². The molecule has 5 radical (unpaired) electrons. The van der Waals surface area contributed by atoms with Crippen LogP contribution in [0.1, 0.15) is 434 Å². The summed E-state index contributed by atoms with van der Waals surface area (Å²) in [5.74, 6) is 7.40. The minimum atomic E-state index is 0. The maximum Gasteiger partial charge on any atom is 0.0377 e. The maximum absolute atomic E-state index is 5.21. The van der Waals surface area contributed by atoms with Crippen LogP contribution in [-0.4, -0.2) is 0 Å². The third kappa shape index (κ3) is 38.4. The lowest BCUT2D eigenvalue weighted by Gasteiger charge is -2.29. The molecule has 0 aliphatic heterocycles. The van der Waals surface area contributed by atoms with E-state index in [9.17, 15) is 0 Å². The Bertz CT molecular complexity index is 3800. The Balaban J connectivity index is 0.000000248. The monoisotopic (exact) mass is 1860 g/mol. The molecule has 5 fully saturated rings.